The second-order valence-corrected chi connectivity index (χ2v) is 9.43. The zero-order valence-electron chi connectivity index (χ0n) is 20.3. The van der Waals surface area contributed by atoms with Crippen LogP contribution in [0, 0.1) is 13.8 Å². The molecule has 2 aromatic rings. The highest BCUT2D eigenvalue weighted by atomic mass is 16.7. The lowest BCUT2D eigenvalue weighted by Gasteiger charge is -2.37. The van der Waals surface area contributed by atoms with Gasteiger partial charge < -0.3 is 14.2 Å². The van der Waals surface area contributed by atoms with Gasteiger partial charge in [-0.15, -0.1) is 0 Å². The fourth-order valence-corrected chi connectivity index (χ4v) is 5.12. The summed E-state index contributed by atoms with van der Waals surface area (Å²) < 4.78 is 17.3. The molecule has 3 aliphatic rings. The number of nitrogens with zero attached hydrogens (tertiary/aromatic N) is 3. The Morgan fingerprint density at radius 3 is 2.53 bits per heavy atom. The third kappa shape index (κ3) is 4.48. The largest absolute Gasteiger partial charge is 0.496 e. The molecule has 3 heterocycles. The molecule has 1 spiro atoms. The van der Waals surface area contributed by atoms with Crippen molar-refractivity contribution in [2.75, 3.05) is 40.0 Å². The molecule has 34 heavy (non-hydrogen) atoms. The van der Waals surface area contributed by atoms with Gasteiger partial charge in [0.15, 0.2) is 5.79 Å². The van der Waals surface area contributed by atoms with Gasteiger partial charge in [-0.3, -0.25) is 9.69 Å². The van der Waals surface area contributed by atoms with Gasteiger partial charge in [-0.25, -0.2) is 5.01 Å². The minimum atomic E-state index is -0.443. The quantitative estimate of drug-likeness (QED) is 0.675. The second-order valence-electron chi connectivity index (χ2n) is 9.43. The molecule has 3 aliphatic heterocycles. The van der Waals surface area contributed by atoms with Crippen LogP contribution in [0.25, 0.3) is 0 Å². The highest BCUT2D eigenvalue weighted by Crippen LogP contribution is 2.38. The van der Waals surface area contributed by atoms with Crippen molar-refractivity contribution in [3.63, 3.8) is 0 Å². The van der Waals surface area contributed by atoms with Crippen LogP contribution in [0.5, 0.6) is 5.75 Å². The van der Waals surface area contributed by atoms with Crippen LogP contribution in [0.2, 0.25) is 0 Å². The number of ether oxygens (including phenoxy) is 3. The molecule has 0 unspecified atom stereocenters. The van der Waals surface area contributed by atoms with Crippen LogP contribution in [0.1, 0.15) is 47.6 Å². The molecule has 180 valence electrons. The third-order valence-corrected chi connectivity index (χ3v) is 7.29. The lowest BCUT2D eigenvalue weighted by molar-refractivity contribution is -0.186. The van der Waals surface area contributed by atoms with E-state index >= 15 is 0 Å². The molecule has 0 saturated carbocycles. The van der Waals surface area contributed by atoms with E-state index in [-0.39, 0.29) is 11.9 Å². The molecule has 0 radical (unpaired) electrons. The minimum absolute atomic E-state index is 0.000974. The fourth-order valence-electron chi connectivity index (χ4n) is 5.12. The Morgan fingerprint density at radius 2 is 1.82 bits per heavy atom. The summed E-state index contributed by atoms with van der Waals surface area (Å²) in [6.07, 6.45) is 2.22. The molecule has 5 rings (SSSR count). The smallest absolute Gasteiger partial charge is 0.257 e. The zero-order chi connectivity index (χ0) is 23.7. The molecule has 2 aromatic carbocycles. The molecule has 0 aliphatic carbocycles. The molecule has 2 fully saturated rings. The molecule has 0 N–H and O–H groups in total. The van der Waals surface area contributed by atoms with Gasteiger partial charge in [0.05, 0.1) is 38.6 Å². The number of carbonyl (C=O) groups excluding carboxylic acids is 1. The maximum atomic E-state index is 13.6. The molecule has 2 saturated heterocycles. The molecule has 1 amide bonds. The summed E-state index contributed by atoms with van der Waals surface area (Å²) in [6.45, 7) is 7.39. The lowest BCUT2D eigenvalue weighted by atomic mass is 9.96. The van der Waals surface area contributed by atoms with Crippen molar-refractivity contribution in [3.8, 4) is 5.75 Å². The SMILES string of the molecule is COc1ccccc1[C@H]1CC(c2ccc(C)c(C)c2)=NN1C(=O)CN1CCC2(CC1)OCCO2. The number of aryl methyl sites for hydroxylation is 2. The summed E-state index contributed by atoms with van der Waals surface area (Å²) in [5.41, 5.74) is 5.44. The molecular weight excluding hydrogens is 430 g/mol. The number of hydrogen-bond donors (Lipinski definition) is 0. The molecule has 7 heteroatoms. The number of methoxy groups -OCH3 is 1. The van der Waals surface area contributed by atoms with Crippen molar-refractivity contribution in [1.29, 1.82) is 0 Å². The molecule has 0 bridgehead atoms. The predicted molar refractivity (Wildman–Crippen MR) is 130 cm³/mol. The minimum Gasteiger partial charge on any atom is -0.496 e. The third-order valence-electron chi connectivity index (χ3n) is 7.29. The maximum Gasteiger partial charge on any atom is 0.257 e. The van der Waals surface area contributed by atoms with Gasteiger partial charge in [-0.2, -0.15) is 5.10 Å². The van der Waals surface area contributed by atoms with E-state index in [1.54, 1.807) is 12.1 Å². The number of hydrogen-bond acceptors (Lipinski definition) is 6. The van der Waals surface area contributed by atoms with Gasteiger partial charge in [0.2, 0.25) is 0 Å². The van der Waals surface area contributed by atoms with Crippen LogP contribution >= 0.6 is 0 Å². The van der Waals surface area contributed by atoms with Crippen LogP contribution in [-0.2, 0) is 14.3 Å². The first-order chi connectivity index (χ1) is 16.5. The average Bonchev–Trinajstić information content (AvgIpc) is 3.50. The van der Waals surface area contributed by atoms with Gasteiger partial charge in [0.1, 0.15) is 5.75 Å². The van der Waals surface area contributed by atoms with E-state index in [0.29, 0.717) is 26.2 Å². The van der Waals surface area contributed by atoms with Gasteiger partial charge in [0.25, 0.3) is 5.91 Å². The van der Waals surface area contributed by atoms with E-state index in [1.807, 2.05) is 24.3 Å². The Balaban J connectivity index is 1.38. The van der Waals surface area contributed by atoms with Gasteiger partial charge in [0, 0.05) is 37.9 Å². The van der Waals surface area contributed by atoms with E-state index < -0.39 is 5.79 Å². The van der Waals surface area contributed by atoms with Crippen LogP contribution in [-0.4, -0.2) is 67.3 Å². The fraction of sp³-hybridized carbons (Fsp3) is 0.481. The lowest BCUT2D eigenvalue weighted by Crippen LogP contribution is -2.48. The second kappa shape index (κ2) is 9.49. The van der Waals surface area contributed by atoms with Crippen molar-refractivity contribution in [3.05, 3.63) is 64.7 Å². The Hall–Kier alpha value is -2.74. The van der Waals surface area contributed by atoms with Crippen molar-refractivity contribution < 1.29 is 19.0 Å². The molecular formula is C27H33N3O4. The highest BCUT2D eigenvalue weighted by molar-refractivity contribution is 6.03. The monoisotopic (exact) mass is 463 g/mol. The van der Waals surface area contributed by atoms with Crippen LogP contribution in [0.4, 0.5) is 0 Å². The van der Waals surface area contributed by atoms with Crippen molar-refractivity contribution in [2.45, 2.75) is 44.9 Å². The van der Waals surface area contributed by atoms with E-state index in [9.17, 15) is 4.79 Å². The number of piperidine rings is 1. The summed E-state index contributed by atoms with van der Waals surface area (Å²) in [4.78, 5) is 15.8. The van der Waals surface area contributed by atoms with Crippen molar-refractivity contribution in [2.24, 2.45) is 5.10 Å². The van der Waals surface area contributed by atoms with Gasteiger partial charge >= 0.3 is 0 Å². The first-order valence-electron chi connectivity index (χ1n) is 12.1. The van der Waals surface area contributed by atoms with Gasteiger partial charge in [-0.05, 0) is 42.7 Å². The Bertz CT molecular complexity index is 1080. The number of amides is 1. The van der Waals surface area contributed by atoms with E-state index in [1.165, 1.54) is 11.1 Å². The molecule has 7 nitrogen and oxygen atoms in total. The predicted octanol–water partition coefficient (Wildman–Crippen LogP) is 3.83. The average molecular weight is 464 g/mol. The number of carbonyl (C=O) groups is 1. The Labute approximate surface area is 201 Å². The number of hydrazone groups is 1. The number of para-hydroxylation sites is 1. The zero-order valence-corrected chi connectivity index (χ0v) is 20.3. The van der Waals surface area contributed by atoms with E-state index in [4.69, 9.17) is 19.3 Å². The number of rotatable bonds is 5. The maximum absolute atomic E-state index is 13.6. The highest BCUT2D eigenvalue weighted by Gasteiger charge is 2.41. The summed E-state index contributed by atoms with van der Waals surface area (Å²) in [5.74, 6) is 0.332. The summed E-state index contributed by atoms with van der Waals surface area (Å²) >= 11 is 0. The Morgan fingerprint density at radius 1 is 1.09 bits per heavy atom. The summed E-state index contributed by atoms with van der Waals surface area (Å²) in [6, 6.07) is 14.1. The molecule has 1 atom stereocenters. The van der Waals surface area contributed by atoms with Crippen molar-refractivity contribution >= 4 is 11.6 Å². The standard InChI is InChI=1S/C27H33N3O4/c1-19-8-9-21(16-20(19)2)23-17-24(22-6-4-5-7-25(22)32-3)30(28-23)26(31)18-29-12-10-27(11-13-29)33-14-15-34-27/h4-9,16,24H,10-15,17-18H2,1-3H3/t24-/m1/s1. The Kier molecular flexibility index (Phi) is 6.42. The summed E-state index contributed by atoms with van der Waals surface area (Å²) in [5, 5.41) is 6.54. The normalized spacial score (nSPS) is 22.3. The van der Waals surface area contributed by atoms with Gasteiger partial charge in [-0.1, -0.05) is 30.3 Å². The van der Waals surface area contributed by atoms with Crippen LogP contribution in [0.15, 0.2) is 47.6 Å². The van der Waals surface area contributed by atoms with E-state index in [2.05, 4.69) is 36.9 Å². The topological polar surface area (TPSA) is 63.6 Å². The van der Waals surface area contributed by atoms with Crippen molar-refractivity contribution in [1.82, 2.24) is 9.91 Å². The first-order valence-corrected chi connectivity index (χ1v) is 12.1. The van der Waals surface area contributed by atoms with Crippen LogP contribution in [0.3, 0.4) is 0 Å². The van der Waals surface area contributed by atoms with E-state index in [0.717, 1.165) is 48.5 Å². The summed E-state index contributed by atoms with van der Waals surface area (Å²) in [7, 11) is 1.67. The molecule has 0 aromatic heterocycles. The number of likely N-dealkylation sites (tertiary alicyclic amines) is 1. The first kappa shape index (κ1) is 23.0. The van der Waals surface area contributed by atoms with Crippen LogP contribution < -0.4 is 4.74 Å². The number of benzene rings is 2.